The monoisotopic (exact) mass is 497 g/mol. The Morgan fingerprint density at radius 1 is 1.30 bits per heavy atom. The number of ether oxygens (including phenoxy) is 1. The van der Waals surface area contributed by atoms with E-state index < -0.39 is 54.7 Å². The van der Waals surface area contributed by atoms with E-state index in [1.54, 1.807) is 0 Å². The number of alkyl halides is 1. The molecular formula is C11H19FN3O12P3. The first-order chi connectivity index (χ1) is 13.6. The number of aliphatic hydroxyl groups is 1. The molecule has 15 nitrogen and oxygen atoms in total. The van der Waals surface area contributed by atoms with Gasteiger partial charge in [-0.1, -0.05) is 6.58 Å². The molecule has 19 heteroatoms. The number of phosphoric ester groups is 1. The molecule has 1 fully saturated rings. The molecular weight excluding hydrogens is 478 g/mol. The Kier molecular flexibility index (Phi) is 7.47. The molecule has 2 aliphatic heterocycles. The van der Waals surface area contributed by atoms with Crippen LogP contribution in [0.3, 0.4) is 0 Å². The summed E-state index contributed by atoms with van der Waals surface area (Å²) in [5.74, 6) is 0.244. The summed E-state index contributed by atoms with van der Waals surface area (Å²) in [6.07, 6.45) is -0.0438. The van der Waals surface area contributed by atoms with Gasteiger partial charge < -0.3 is 40.1 Å². The van der Waals surface area contributed by atoms with Crippen molar-refractivity contribution in [2.45, 2.75) is 24.4 Å². The van der Waals surface area contributed by atoms with Crippen LogP contribution in [0.1, 0.15) is 6.42 Å². The Bertz CT molecular complexity index is 892. The van der Waals surface area contributed by atoms with E-state index in [-0.39, 0.29) is 18.1 Å². The van der Waals surface area contributed by atoms with Crippen LogP contribution in [-0.2, 0) is 31.6 Å². The Labute approximate surface area is 168 Å². The van der Waals surface area contributed by atoms with Gasteiger partial charge in [0.15, 0.2) is 0 Å². The van der Waals surface area contributed by atoms with E-state index in [1.807, 2.05) is 0 Å². The van der Waals surface area contributed by atoms with E-state index in [2.05, 4.69) is 24.7 Å². The van der Waals surface area contributed by atoms with E-state index in [0.717, 1.165) is 0 Å². The quantitative estimate of drug-likeness (QED) is 0.227. The van der Waals surface area contributed by atoms with E-state index in [0.29, 0.717) is 0 Å². The Morgan fingerprint density at radius 2 is 1.93 bits per heavy atom. The molecule has 0 amide bonds. The average molecular weight is 497 g/mol. The Balaban J connectivity index is 2.07. The van der Waals surface area contributed by atoms with Crippen molar-refractivity contribution in [2.75, 3.05) is 13.3 Å². The van der Waals surface area contributed by atoms with Gasteiger partial charge in [0.05, 0.1) is 12.7 Å². The number of hydrogen-bond donors (Lipinski definition) is 6. The molecule has 1 saturated heterocycles. The minimum atomic E-state index is -5.74. The maximum absolute atomic E-state index is 13.7. The number of hydrogen-bond acceptors (Lipinski definition) is 11. The van der Waals surface area contributed by atoms with Crippen LogP contribution in [-0.4, -0.2) is 66.6 Å². The molecule has 0 aromatic rings. The molecule has 2 aliphatic rings. The summed E-state index contributed by atoms with van der Waals surface area (Å²) in [6.45, 7) is 1.05. The molecule has 2 rings (SSSR count). The van der Waals surface area contributed by atoms with Crippen LogP contribution in [0.2, 0.25) is 0 Å². The summed E-state index contributed by atoms with van der Waals surface area (Å²) < 4.78 is 64.4. The molecule has 0 aromatic carbocycles. The standard InChI is InChI=1S/C11H19FN3O12P3/c1-7-14-9(13)2-3-15(7)10-4-8(16)11(5-12,25-10)6-24-29(20,21)27-30(22,23)26-28(17,18)19/h2-3,8,10,16H,1,4-6H2,(H2,13,14)(H,20,21)(H,22,23)(H2,17,18,19)/t8-,10+,11+/m0/s1. The van der Waals surface area contributed by atoms with Crippen molar-refractivity contribution in [3.63, 3.8) is 0 Å². The minimum absolute atomic E-state index is 0.106. The number of nitrogens with two attached hydrogens (primary N) is 1. The lowest BCUT2D eigenvalue weighted by molar-refractivity contribution is -0.140. The maximum atomic E-state index is 13.7. The van der Waals surface area contributed by atoms with Crippen molar-refractivity contribution in [1.29, 1.82) is 0 Å². The minimum Gasteiger partial charge on any atom is -0.390 e. The highest BCUT2D eigenvalue weighted by molar-refractivity contribution is 7.66. The third-order valence-electron chi connectivity index (χ3n) is 3.79. The van der Waals surface area contributed by atoms with Gasteiger partial charge in [0.25, 0.3) is 0 Å². The highest BCUT2D eigenvalue weighted by Crippen LogP contribution is 2.66. The third-order valence-corrected chi connectivity index (χ3v) is 7.57. The van der Waals surface area contributed by atoms with Crippen LogP contribution >= 0.6 is 23.5 Å². The normalized spacial score (nSPS) is 31.3. The summed E-state index contributed by atoms with van der Waals surface area (Å²) >= 11 is 0. The molecule has 5 atom stereocenters. The molecule has 0 aromatic heterocycles. The van der Waals surface area contributed by atoms with E-state index in [1.165, 1.54) is 17.2 Å². The molecule has 30 heavy (non-hydrogen) atoms. The number of phosphoric acid groups is 3. The molecule has 2 heterocycles. The first-order valence-corrected chi connectivity index (χ1v) is 12.3. The topological polar surface area (TPSA) is 231 Å². The van der Waals surface area contributed by atoms with Gasteiger partial charge in [-0.2, -0.15) is 8.62 Å². The van der Waals surface area contributed by atoms with Crippen LogP contribution in [0, 0.1) is 0 Å². The third kappa shape index (κ3) is 6.50. The summed E-state index contributed by atoms with van der Waals surface area (Å²) in [5, 5.41) is 10.2. The van der Waals surface area contributed by atoms with Gasteiger partial charge in [0.1, 0.15) is 30.2 Å². The Hall–Kier alpha value is -0.990. The number of halogens is 1. The predicted octanol–water partition coefficient (Wildman–Crippen LogP) is -0.197. The van der Waals surface area contributed by atoms with Crippen molar-refractivity contribution >= 4 is 29.3 Å². The number of rotatable bonds is 9. The van der Waals surface area contributed by atoms with Crippen LogP contribution in [0.4, 0.5) is 4.39 Å². The van der Waals surface area contributed by atoms with Gasteiger partial charge in [-0.3, -0.25) is 4.52 Å². The van der Waals surface area contributed by atoms with Crippen LogP contribution in [0.5, 0.6) is 0 Å². The Morgan fingerprint density at radius 3 is 2.47 bits per heavy atom. The van der Waals surface area contributed by atoms with Crippen LogP contribution < -0.4 is 5.73 Å². The number of nitrogens with zero attached hydrogens (tertiary/aromatic N) is 2. The smallest absolute Gasteiger partial charge is 0.390 e. The summed E-state index contributed by atoms with van der Waals surface area (Å²) in [5.41, 5.74) is 3.31. The van der Waals surface area contributed by atoms with Gasteiger partial charge in [0.2, 0.25) is 0 Å². The number of aliphatic hydroxyl groups excluding tert-OH is 1. The molecule has 0 saturated carbocycles. The maximum Gasteiger partial charge on any atom is 0.490 e. The van der Waals surface area contributed by atoms with E-state index in [9.17, 15) is 28.1 Å². The van der Waals surface area contributed by atoms with Crippen molar-refractivity contribution < 1.29 is 60.6 Å². The van der Waals surface area contributed by atoms with Crippen molar-refractivity contribution in [3.05, 3.63) is 24.7 Å². The second-order valence-electron chi connectivity index (χ2n) is 6.06. The number of aliphatic imine (C=N–C) groups is 1. The lowest BCUT2D eigenvalue weighted by Crippen LogP contribution is -2.46. The van der Waals surface area contributed by atoms with Crippen LogP contribution in [0.25, 0.3) is 0 Å². The zero-order valence-corrected chi connectivity index (χ0v) is 17.6. The first-order valence-electron chi connectivity index (χ1n) is 7.78. The highest BCUT2D eigenvalue weighted by atomic mass is 31.3. The first kappa shape index (κ1) is 25.3. The van der Waals surface area contributed by atoms with Gasteiger partial charge >= 0.3 is 23.5 Å². The predicted molar refractivity (Wildman–Crippen MR) is 95.8 cm³/mol. The summed E-state index contributed by atoms with van der Waals surface area (Å²) in [7, 11) is -16.8. The van der Waals surface area contributed by atoms with Gasteiger partial charge in [-0.25, -0.2) is 23.1 Å². The van der Waals surface area contributed by atoms with Gasteiger partial charge in [0, 0.05) is 12.6 Å². The molecule has 0 spiro atoms. The SMILES string of the molecule is C=C1N=C(N)C=CN1[C@H]1C[C@H](O)[C@@](CF)(COP(=O)(O)OP(=O)(O)OP(=O)(O)O)O1. The lowest BCUT2D eigenvalue weighted by Gasteiger charge is -2.32. The molecule has 0 aliphatic carbocycles. The van der Waals surface area contributed by atoms with Crippen molar-refractivity contribution in [1.82, 2.24) is 4.90 Å². The van der Waals surface area contributed by atoms with Crippen LogP contribution in [0.15, 0.2) is 29.7 Å². The molecule has 172 valence electrons. The zero-order valence-electron chi connectivity index (χ0n) is 14.9. The fraction of sp³-hybridized carbons (Fsp3) is 0.545. The largest absolute Gasteiger partial charge is 0.490 e. The van der Waals surface area contributed by atoms with Crippen molar-refractivity contribution in [3.8, 4) is 0 Å². The second-order valence-corrected chi connectivity index (χ2v) is 10.5. The fourth-order valence-corrected chi connectivity index (χ4v) is 5.58. The highest BCUT2D eigenvalue weighted by Gasteiger charge is 2.52. The van der Waals surface area contributed by atoms with Gasteiger partial charge in [-0.15, -0.1) is 0 Å². The zero-order chi connectivity index (χ0) is 23.0. The second kappa shape index (κ2) is 8.87. The summed E-state index contributed by atoms with van der Waals surface area (Å²) in [6, 6.07) is 0. The molecule has 0 radical (unpaired) electrons. The molecule has 7 N–H and O–H groups in total. The molecule has 2 unspecified atom stereocenters. The summed E-state index contributed by atoms with van der Waals surface area (Å²) in [4.78, 5) is 40.8. The fourth-order valence-electron chi connectivity index (χ4n) is 2.51. The average Bonchev–Trinajstić information content (AvgIpc) is 2.86. The van der Waals surface area contributed by atoms with E-state index in [4.69, 9.17) is 25.2 Å². The van der Waals surface area contributed by atoms with Gasteiger partial charge in [-0.05, 0) is 6.08 Å². The lowest BCUT2D eigenvalue weighted by atomic mass is 9.99. The number of amidine groups is 1. The molecule has 0 bridgehead atoms. The van der Waals surface area contributed by atoms with Crippen molar-refractivity contribution in [2.24, 2.45) is 10.7 Å². The van der Waals surface area contributed by atoms with E-state index >= 15 is 0 Å².